The minimum Gasteiger partial charge on any atom is -0.495 e. The molecule has 17 heavy (non-hydrogen) atoms. The van der Waals surface area contributed by atoms with Gasteiger partial charge in [0, 0.05) is 5.56 Å². The van der Waals surface area contributed by atoms with Gasteiger partial charge in [-0.15, -0.1) is 0 Å². The molecule has 94 valence electrons. The number of aliphatic hydroxyl groups excluding tert-OH is 1. The Labute approximate surface area is 107 Å². The van der Waals surface area contributed by atoms with Crippen molar-refractivity contribution < 1.29 is 9.84 Å². The van der Waals surface area contributed by atoms with E-state index in [0.29, 0.717) is 10.8 Å². The molecule has 1 unspecified atom stereocenters. The van der Waals surface area contributed by atoms with Crippen LogP contribution in [0.1, 0.15) is 35.6 Å². The van der Waals surface area contributed by atoms with Crippen LogP contribution in [0.3, 0.4) is 0 Å². The molecule has 0 amide bonds. The largest absolute Gasteiger partial charge is 0.495 e. The predicted octanol–water partition coefficient (Wildman–Crippen LogP) is 2.22. The van der Waals surface area contributed by atoms with E-state index in [1.807, 2.05) is 6.07 Å². The highest BCUT2D eigenvalue weighted by Gasteiger charge is 2.22. The Morgan fingerprint density at radius 1 is 1.47 bits per heavy atom. The SMILES string of the molecule is COc1c(C(N)CO)cc2c(c1Cl)CCCC2. The fourth-order valence-corrected chi connectivity index (χ4v) is 2.84. The van der Waals surface area contributed by atoms with E-state index in [9.17, 15) is 5.11 Å². The molecule has 0 aliphatic heterocycles. The average Bonchev–Trinajstić information content (AvgIpc) is 2.37. The maximum Gasteiger partial charge on any atom is 0.142 e. The number of halogens is 1. The molecule has 3 nitrogen and oxygen atoms in total. The topological polar surface area (TPSA) is 55.5 Å². The highest BCUT2D eigenvalue weighted by molar-refractivity contribution is 6.33. The molecular weight excluding hydrogens is 238 g/mol. The van der Waals surface area contributed by atoms with Crippen molar-refractivity contribution in [1.82, 2.24) is 0 Å². The van der Waals surface area contributed by atoms with Crippen molar-refractivity contribution in [3.05, 3.63) is 27.8 Å². The van der Waals surface area contributed by atoms with Crippen molar-refractivity contribution in [2.24, 2.45) is 5.73 Å². The molecule has 0 aromatic heterocycles. The summed E-state index contributed by atoms with van der Waals surface area (Å²) in [6.07, 6.45) is 4.38. The Morgan fingerprint density at radius 3 is 2.82 bits per heavy atom. The highest BCUT2D eigenvalue weighted by atomic mass is 35.5. The van der Waals surface area contributed by atoms with Gasteiger partial charge in [0.1, 0.15) is 5.75 Å². The van der Waals surface area contributed by atoms with Gasteiger partial charge >= 0.3 is 0 Å². The molecule has 1 aliphatic rings. The van der Waals surface area contributed by atoms with Gasteiger partial charge in [-0.3, -0.25) is 0 Å². The molecule has 0 spiro atoms. The summed E-state index contributed by atoms with van der Waals surface area (Å²) in [6.45, 7) is -0.106. The molecule has 0 heterocycles. The third-order valence-corrected chi connectivity index (χ3v) is 3.77. The van der Waals surface area contributed by atoms with Gasteiger partial charge in [0.05, 0.1) is 24.8 Å². The normalized spacial score (nSPS) is 16.5. The molecule has 0 saturated carbocycles. The summed E-state index contributed by atoms with van der Waals surface area (Å²) in [7, 11) is 1.59. The molecule has 0 bridgehead atoms. The lowest BCUT2D eigenvalue weighted by Gasteiger charge is -2.23. The summed E-state index contributed by atoms with van der Waals surface area (Å²) >= 11 is 6.37. The maximum atomic E-state index is 9.18. The molecule has 1 atom stereocenters. The van der Waals surface area contributed by atoms with Crippen LogP contribution >= 0.6 is 11.6 Å². The van der Waals surface area contributed by atoms with Gasteiger partial charge in [-0.1, -0.05) is 17.7 Å². The van der Waals surface area contributed by atoms with Gasteiger partial charge in [0.15, 0.2) is 0 Å². The summed E-state index contributed by atoms with van der Waals surface area (Å²) in [4.78, 5) is 0. The maximum absolute atomic E-state index is 9.18. The highest BCUT2D eigenvalue weighted by Crippen LogP contribution is 2.39. The second-order valence-electron chi connectivity index (χ2n) is 4.45. The van der Waals surface area contributed by atoms with Crippen molar-refractivity contribution in [2.45, 2.75) is 31.7 Å². The number of hydrogen-bond acceptors (Lipinski definition) is 3. The van der Waals surface area contributed by atoms with E-state index >= 15 is 0 Å². The zero-order valence-electron chi connectivity index (χ0n) is 10.0. The quantitative estimate of drug-likeness (QED) is 0.871. The standard InChI is InChI=1S/C13H18ClNO2/c1-17-13-10(11(15)7-16)6-8-4-2-3-5-9(8)12(13)14/h6,11,16H,2-5,7,15H2,1H3. The van der Waals surface area contributed by atoms with Crippen molar-refractivity contribution in [2.75, 3.05) is 13.7 Å². The first-order valence-corrected chi connectivity index (χ1v) is 6.31. The fourth-order valence-electron chi connectivity index (χ4n) is 2.44. The van der Waals surface area contributed by atoms with Crippen molar-refractivity contribution in [3.63, 3.8) is 0 Å². The van der Waals surface area contributed by atoms with E-state index in [-0.39, 0.29) is 6.61 Å². The van der Waals surface area contributed by atoms with Crippen LogP contribution in [0.15, 0.2) is 6.07 Å². The smallest absolute Gasteiger partial charge is 0.142 e. The summed E-state index contributed by atoms with van der Waals surface area (Å²) in [5.41, 5.74) is 9.13. The Hall–Kier alpha value is -0.770. The molecule has 1 aromatic carbocycles. The number of hydrogen-bond donors (Lipinski definition) is 2. The van der Waals surface area contributed by atoms with Gasteiger partial charge in [0.25, 0.3) is 0 Å². The van der Waals surface area contributed by atoms with Crippen molar-refractivity contribution >= 4 is 11.6 Å². The van der Waals surface area contributed by atoms with Crippen LogP contribution in [0.5, 0.6) is 5.75 Å². The Kier molecular flexibility index (Phi) is 3.92. The molecule has 1 aromatic rings. The van der Waals surface area contributed by atoms with Gasteiger partial charge in [0.2, 0.25) is 0 Å². The van der Waals surface area contributed by atoms with Crippen LogP contribution in [0.4, 0.5) is 0 Å². The monoisotopic (exact) mass is 255 g/mol. The van der Waals surface area contributed by atoms with Crippen molar-refractivity contribution in [1.29, 1.82) is 0 Å². The van der Waals surface area contributed by atoms with Crippen LogP contribution < -0.4 is 10.5 Å². The molecule has 1 aliphatic carbocycles. The molecule has 2 rings (SSSR count). The zero-order valence-corrected chi connectivity index (χ0v) is 10.8. The first kappa shape index (κ1) is 12.7. The van der Waals surface area contributed by atoms with Crippen LogP contribution in [0, 0.1) is 0 Å². The fraction of sp³-hybridized carbons (Fsp3) is 0.538. The van der Waals surface area contributed by atoms with E-state index in [4.69, 9.17) is 22.1 Å². The second-order valence-corrected chi connectivity index (χ2v) is 4.82. The van der Waals surface area contributed by atoms with E-state index in [0.717, 1.165) is 18.4 Å². The van der Waals surface area contributed by atoms with Crippen molar-refractivity contribution in [3.8, 4) is 5.75 Å². The number of rotatable bonds is 3. The van der Waals surface area contributed by atoms with Gasteiger partial charge in [-0.25, -0.2) is 0 Å². The van der Waals surface area contributed by atoms with E-state index in [1.165, 1.54) is 24.0 Å². The summed E-state index contributed by atoms with van der Waals surface area (Å²) < 4.78 is 5.34. The summed E-state index contributed by atoms with van der Waals surface area (Å²) in [6, 6.07) is 1.61. The first-order chi connectivity index (χ1) is 8.19. The van der Waals surface area contributed by atoms with Crippen LogP contribution in [-0.4, -0.2) is 18.8 Å². The zero-order chi connectivity index (χ0) is 12.4. The minimum absolute atomic E-state index is 0.106. The van der Waals surface area contributed by atoms with E-state index in [1.54, 1.807) is 7.11 Å². The van der Waals surface area contributed by atoms with Crippen LogP contribution in [-0.2, 0) is 12.8 Å². The number of aryl methyl sites for hydroxylation is 1. The number of nitrogens with two attached hydrogens (primary N) is 1. The van der Waals surface area contributed by atoms with E-state index in [2.05, 4.69) is 0 Å². The number of aliphatic hydroxyl groups is 1. The first-order valence-electron chi connectivity index (χ1n) is 5.93. The lowest BCUT2D eigenvalue weighted by Crippen LogP contribution is -2.17. The third kappa shape index (κ3) is 2.28. The predicted molar refractivity (Wildman–Crippen MR) is 68.7 cm³/mol. The molecule has 3 N–H and O–H groups in total. The van der Waals surface area contributed by atoms with Crippen LogP contribution in [0.2, 0.25) is 5.02 Å². The third-order valence-electron chi connectivity index (χ3n) is 3.37. The molecule has 0 radical (unpaired) electrons. The Balaban J connectivity index is 2.55. The lowest BCUT2D eigenvalue weighted by molar-refractivity contribution is 0.264. The van der Waals surface area contributed by atoms with Gasteiger partial charge < -0.3 is 15.6 Å². The lowest BCUT2D eigenvalue weighted by atomic mass is 9.88. The van der Waals surface area contributed by atoms with Gasteiger partial charge in [-0.2, -0.15) is 0 Å². The second kappa shape index (κ2) is 5.25. The minimum atomic E-state index is -0.435. The molecule has 0 saturated heterocycles. The average molecular weight is 256 g/mol. The van der Waals surface area contributed by atoms with Crippen LogP contribution in [0.25, 0.3) is 0 Å². The number of fused-ring (bicyclic) bond motifs is 1. The Morgan fingerprint density at radius 2 is 2.18 bits per heavy atom. The summed E-state index contributed by atoms with van der Waals surface area (Å²) in [5, 5.41) is 9.85. The summed E-state index contributed by atoms with van der Waals surface area (Å²) in [5.74, 6) is 0.619. The van der Waals surface area contributed by atoms with E-state index < -0.39 is 6.04 Å². The number of ether oxygens (including phenoxy) is 1. The molecular formula is C13H18ClNO2. The van der Waals surface area contributed by atoms with Gasteiger partial charge in [-0.05, 0) is 36.8 Å². The molecule has 0 fully saturated rings. The molecule has 4 heteroatoms. The number of methoxy groups -OCH3 is 1. The number of benzene rings is 1. The Bertz CT molecular complexity index is 420.